The lowest BCUT2D eigenvalue weighted by Crippen LogP contribution is -2.44. The number of aromatic hydroxyl groups is 2. The second-order valence-electron chi connectivity index (χ2n) is 9.15. The van der Waals surface area contributed by atoms with Crippen molar-refractivity contribution >= 4 is 11.8 Å². The molecule has 4 rings (SSSR count). The zero-order valence-corrected chi connectivity index (χ0v) is 20.4. The molecule has 188 valence electrons. The fourth-order valence-corrected chi connectivity index (χ4v) is 4.56. The lowest BCUT2D eigenvalue weighted by Gasteiger charge is -2.26. The lowest BCUT2D eigenvalue weighted by atomic mass is 10.1. The third kappa shape index (κ3) is 5.68. The summed E-state index contributed by atoms with van der Waals surface area (Å²) in [4.78, 5) is 31.4. The molecule has 35 heavy (non-hydrogen) atoms. The van der Waals surface area contributed by atoms with Crippen molar-refractivity contribution in [3.8, 4) is 17.2 Å². The van der Waals surface area contributed by atoms with E-state index in [1.807, 2.05) is 25.1 Å². The molecule has 2 aliphatic rings. The number of hydrogen-bond acceptors (Lipinski definition) is 7. The fourth-order valence-electron chi connectivity index (χ4n) is 4.56. The number of nitrogens with one attached hydrogen (secondary N) is 1. The van der Waals surface area contributed by atoms with Gasteiger partial charge in [-0.05, 0) is 35.7 Å². The maximum Gasteiger partial charge on any atom is 0.258 e. The fraction of sp³-hybridized carbons (Fsp3) is 0.462. The van der Waals surface area contributed by atoms with Crippen LogP contribution >= 0.6 is 0 Å². The summed E-state index contributed by atoms with van der Waals surface area (Å²) < 4.78 is 5.96. The first-order chi connectivity index (χ1) is 16.9. The van der Waals surface area contributed by atoms with Crippen LogP contribution in [0, 0.1) is 0 Å². The van der Waals surface area contributed by atoms with E-state index < -0.39 is 11.8 Å². The average Bonchev–Trinajstić information content (AvgIpc) is 3.28. The predicted octanol–water partition coefficient (Wildman–Crippen LogP) is 2.02. The van der Waals surface area contributed by atoms with Gasteiger partial charge in [-0.1, -0.05) is 13.0 Å². The number of piperazine rings is 1. The minimum Gasteiger partial charge on any atom is -0.507 e. The first kappa shape index (κ1) is 24.8. The molecule has 0 aliphatic carbocycles. The van der Waals surface area contributed by atoms with Gasteiger partial charge in [-0.15, -0.1) is 0 Å². The highest BCUT2D eigenvalue weighted by Crippen LogP contribution is 2.33. The van der Waals surface area contributed by atoms with E-state index in [1.165, 1.54) is 11.0 Å². The molecule has 3 N–H and O–H groups in total. The average molecular weight is 483 g/mol. The van der Waals surface area contributed by atoms with E-state index in [0.29, 0.717) is 26.2 Å². The van der Waals surface area contributed by atoms with Gasteiger partial charge < -0.3 is 30.1 Å². The first-order valence-corrected chi connectivity index (χ1v) is 12.2. The van der Waals surface area contributed by atoms with Crippen LogP contribution in [0.1, 0.15) is 45.2 Å². The van der Waals surface area contributed by atoms with E-state index >= 15 is 0 Å². The molecule has 0 saturated carbocycles. The van der Waals surface area contributed by atoms with Crippen molar-refractivity contribution in [2.75, 3.05) is 52.9 Å². The second kappa shape index (κ2) is 11.0. The third-order valence-electron chi connectivity index (χ3n) is 6.55. The normalized spacial score (nSPS) is 15.7. The van der Waals surface area contributed by atoms with Crippen molar-refractivity contribution in [2.45, 2.75) is 26.4 Å². The summed E-state index contributed by atoms with van der Waals surface area (Å²) in [5, 5.41) is 23.9. The van der Waals surface area contributed by atoms with Crippen molar-refractivity contribution in [1.82, 2.24) is 20.0 Å². The molecule has 1 fully saturated rings. The molecule has 0 unspecified atom stereocenters. The smallest absolute Gasteiger partial charge is 0.258 e. The van der Waals surface area contributed by atoms with Crippen molar-refractivity contribution < 1.29 is 24.5 Å². The molecule has 2 heterocycles. The number of carbonyl (C=O) groups excluding carboxylic acids is 2. The molecule has 2 aliphatic heterocycles. The summed E-state index contributed by atoms with van der Waals surface area (Å²) in [5.74, 6) is -0.723. The zero-order chi connectivity index (χ0) is 24.9. The van der Waals surface area contributed by atoms with Crippen molar-refractivity contribution in [3.63, 3.8) is 0 Å². The van der Waals surface area contributed by atoms with Gasteiger partial charge in [-0.25, -0.2) is 0 Å². The van der Waals surface area contributed by atoms with Crippen LogP contribution < -0.4 is 10.1 Å². The molecule has 9 nitrogen and oxygen atoms in total. The van der Waals surface area contributed by atoms with Crippen LogP contribution in [0.3, 0.4) is 0 Å². The van der Waals surface area contributed by atoms with E-state index in [2.05, 4.69) is 10.2 Å². The Balaban J connectivity index is 1.42. The first-order valence-electron chi connectivity index (χ1n) is 12.2. The predicted molar refractivity (Wildman–Crippen MR) is 132 cm³/mol. The van der Waals surface area contributed by atoms with Crippen molar-refractivity contribution in [2.24, 2.45) is 0 Å². The maximum atomic E-state index is 13.3. The molecular formula is C26H34N4O5. The minimum atomic E-state index is -0.397. The molecule has 1 saturated heterocycles. The van der Waals surface area contributed by atoms with Gasteiger partial charge in [-0.2, -0.15) is 0 Å². The van der Waals surface area contributed by atoms with Gasteiger partial charge in [-0.3, -0.25) is 14.5 Å². The Kier molecular flexibility index (Phi) is 7.77. The summed E-state index contributed by atoms with van der Waals surface area (Å²) in [5.41, 5.74) is 2.01. The molecule has 2 amide bonds. The molecule has 0 aromatic heterocycles. The number of hydrogen-bond donors (Lipinski definition) is 3. The number of fused-ring (bicyclic) bond motifs is 1. The Morgan fingerprint density at radius 3 is 2.49 bits per heavy atom. The van der Waals surface area contributed by atoms with Crippen LogP contribution in [-0.4, -0.2) is 89.7 Å². The van der Waals surface area contributed by atoms with Crippen LogP contribution in [0.15, 0.2) is 30.3 Å². The number of carbonyl (C=O) groups is 2. The number of rotatable bonds is 8. The summed E-state index contributed by atoms with van der Waals surface area (Å²) in [7, 11) is 1.64. The third-order valence-corrected chi connectivity index (χ3v) is 6.55. The van der Waals surface area contributed by atoms with Gasteiger partial charge in [0.1, 0.15) is 23.9 Å². The number of benzene rings is 2. The Bertz CT molecular complexity index is 1080. The highest BCUT2D eigenvalue weighted by Gasteiger charge is 2.28. The lowest BCUT2D eigenvalue weighted by molar-refractivity contribution is 0.0748. The van der Waals surface area contributed by atoms with Gasteiger partial charge >= 0.3 is 0 Å². The van der Waals surface area contributed by atoms with Crippen LogP contribution in [0.5, 0.6) is 17.2 Å². The van der Waals surface area contributed by atoms with E-state index in [4.69, 9.17) is 4.74 Å². The van der Waals surface area contributed by atoms with Gasteiger partial charge in [0.2, 0.25) is 0 Å². The Morgan fingerprint density at radius 2 is 1.74 bits per heavy atom. The van der Waals surface area contributed by atoms with Gasteiger partial charge in [0.15, 0.2) is 0 Å². The zero-order valence-electron chi connectivity index (χ0n) is 20.4. The quantitative estimate of drug-likeness (QED) is 0.529. The monoisotopic (exact) mass is 482 g/mol. The summed E-state index contributed by atoms with van der Waals surface area (Å²) in [6, 6.07) is 8.20. The van der Waals surface area contributed by atoms with Crippen molar-refractivity contribution in [3.05, 3.63) is 52.6 Å². The molecule has 0 spiro atoms. The molecule has 2 aromatic carbocycles. The minimum absolute atomic E-state index is 0.000941. The van der Waals surface area contributed by atoms with E-state index in [1.54, 1.807) is 11.9 Å². The van der Waals surface area contributed by atoms with Crippen molar-refractivity contribution in [1.29, 1.82) is 0 Å². The van der Waals surface area contributed by atoms with Crippen LogP contribution in [0.2, 0.25) is 0 Å². The molecule has 0 atom stereocenters. The molecule has 0 radical (unpaired) electrons. The highest BCUT2D eigenvalue weighted by atomic mass is 16.5. The Morgan fingerprint density at radius 1 is 1.03 bits per heavy atom. The van der Waals surface area contributed by atoms with Gasteiger partial charge in [0, 0.05) is 65.5 Å². The highest BCUT2D eigenvalue weighted by molar-refractivity contribution is 6.03. The van der Waals surface area contributed by atoms with Crippen LogP contribution in [0.25, 0.3) is 0 Å². The van der Waals surface area contributed by atoms with E-state index in [9.17, 15) is 19.8 Å². The molecular weight excluding hydrogens is 448 g/mol. The summed E-state index contributed by atoms with van der Waals surface area (Å²) in [6.07, 6.45) is 0.764. The number of nitrogens with zero attached hydrogens (tertiary/aromatic N) is 3. The van der Waals surface area contributed by atoms with Crippen LogP contribution in [0.4, 0.5) is 0 Å². The molecule has 0 bridgehead atoms. The van der Waals surface area contributed by atoms with E-state index in [-0.39, 0.29) is 22.6 Å². The summed E-state index contributed by atoms with van der Waals surface area (Å²) >= 11 is 0. The topological polar surface area (TPSA) is 106 Å². The Labute approximate surface area is 205 Å². The molecule has 9 heteroatoms. The maximum absolute atomic E-state index is 13.3. The largest absolute Gasteiger partial charge is 0.507 e. The van der Waals surface area contributed by atoms with Crippen LogP contribution in [-0.2, 0) is 13.1 Å². The standard InChI is InChI=1S/C26H34N4O5/c1-3-8-28(2)25(33)21-14-22(24(32)15-23(21)31)26(34)30-16-18-4-5-20(13-19(18)17-30)35-12-11-29-9-6-27-7-10-29/h4-5,13-15,27,31-32H,3,6-12,16-17H2,1-2H3. The number of ether oxygens (including phenoxy) is 1. The molecule has 2 aromatic rings. The van der Waals surface area contributed by atoms with E-state index in [0.717, 1.165) is 62.1 Å². The van der Waals surface area contributed by atoms with Gasteiger partial charge in [0.25, 0.3) is 11.8 Å². The SMILES string of the molecule is CCCN(C)C(=O)c1cc(C(=O)N2Cc3ccc(OCCN4CCNCC4)cc3C2)c(O)cc1O. The summed E-state index contributed by atoms with van der Waals surface area (Å²) in [6.45, 7) is 8.77. The number of phenols is 2. The Hall–Kier alpha value is -3.30. The number of phenolic OH excluding ortho intramolecular Hbond substituents is 2. The number of amides is 2. The second-order valence-corrected chi connectivity index (χ2v) is 9.15. The van der Waals surface area contributed by atoms with Gasteiger partial charge in [0.05, 0.1) is 11.1 Å².